The molecule has 106 valence electrons. The van der Waals surface area contributed by atoms with E-state index in [1.54, 1.807) is 12.1 Å². The first kappa shape index (κ1) is 15.7. The van der Waals surface area contributed by atoms with Gasteiger partial charge in [0.05, 0.1) is 6.04 Å². The van der Waals surface area contributed by atoms with Crippen LogP contribution in [0.5, 0.6) is 0 Å². The van der Waals surface area contributed by atoms with Crippen LogP contribution in [-0.4, -0.2) is 7.05 Å². The largest absolute Gasteiger partial charge is 0.309 e. The second-order valence-corrected chi connectivity index (χ2v) is 6.61. The Morgan fingerprint density at radius 3 is 2.15 bits per heavy atom. The Bertz CT molecular complexity index is 617. The van der Waals surface area contributed by atoms with Gasteiger partial charge in [0, 0.05) is 8.95 Å². The number of halogens is 3. The average Bonchev–Trinajstić information content (AvgIpc) is 2.34. The van der Waals surface area contributed by atoms with Gasteiger partial charge in [-0.05, 0) is 67.4 Å². The van der Waals surface area contributed by atoms with Crippen LogP contribution < -0.4 is 5.32 Å². The SMILES string of the molecule is CNC(c1ccc(Br)cc1Br)c1c(C)cc(F)cc1C. The molecule has 2 rings (SSSR count). The molecule has 20 heavy (non-hydrogen) atoms. The minimum Gasteiger partial charge on any atom is -0.309 e. The van der Waals surface area contributed by atoms with Crippen LogP contribution in [0.3, 0.4) is 0 Å². The van der Waals surface area contributed by atoms with Crippen LogP contribution >= 0.6 is 31.9 Å². The van der Waals surface area contributed by atoms with Crippen LogP contribution in [0.1, 0.15) is 28.3 Å². The molecule has 0 fully saturated rings. The standard InChI is InChI=1S/C16H16Br2FN/c1-9-6-12(19)7-10(2)15(9)16(20-3)13-5-4-11(17)8-14(13)18/h4-8,16,20H,1-3H3. The van der Waals surface area contributed by atoms with Gasteiger partial charge < -0.3 is 5.32 Å². The fraction of sp³-hybridized carbons (Fsp3) is 0.250. The van der Waals surface area contributed by atoms with Crippen LogP contribution in [0.2, 0.25) is 0 Å². The summed E-state index contributed by atoms with van der Waals surface area (Å²) in [7, 11) is 1.92. The van der Waals surface area contributed by atoms with E-state index in [9.17, 15) is 4.39 Å². The molecule has 2 aromatic rings. The monoisotopic (exact) mass is 399 g/mol. The van der Waals surface area contributed by atoms with Crippen molar-refractivity contribution in [2.24, 2.45) is 0 Å². The summed E-state index contributed by atoms with van der Waals surface area (Å²) in [4.78, 5) is 0. The quantitative estimate of drug-likeness (QED) is 0.739. The predicted octanol–water partition coefficient (Wildman–Crippen LogP) is 5.28. The summed E-state index contributed by atoms with van der Waals surface area (Å²) in [5.41, 5.74) is 4.17. The van der Waals surface area contributed by atoms with Crippen LogP contribution in [0.25, 0.3) is 0 Å². The maximum Gasteiger partial charge on any atom is 0.123 e. The van der Waals surface area contributed by atoms with Crippen molar-refractivity contribution in [1.82, 2.24) is 5.32 Å². The summed E-state index contributed by atoms with van der Waals surface area (Å²) in [5.74, 6) is -0.187. The maximum atomic E-state index is 13.5. The van der Waals surface area contributed by atoms with Gasteiger partial charge in [0.15, 0.2) is 0 Å². The van der Waals surface area contributed by atoms with Crippen molar-refractivity contribution in [1.29, 1.82) is 0 Å². The number of nitrogens with one attached hydrogen (secondary N) is 1. The summed E-state index contributed by atoms with van der Waals surface area (Å²) in [6.07, 6.45) is 0. The Hall–Kier alpha value is -0.710. The molecule has 0 spiro atoms. The fourth-order valence-electron chi connectivity index (χ4n) is 2.57. The highest BCUT2D eigenvalue weighted by Gasteiger charge is 2.19. The Kier molecular flexibility index (Phi) is 4.99. The molecular weight excluding hydrogens is 385 g/mol. The first-order chi connectivity index (χ1) is 9.43. The lowest BCUT2D eigenvalue weighted by Crippen LogP contribution is -2.20. The lowest BCUT2D eigenvalue weighted by Gasteiger charge is -2.23. The summed E-state index contributed by atoms with van der Waals surface area (Å²) < 4.78 is 15.5. The zero-order chi connectivity index (χ0) is 14.9. The van der Waals surface area contributed by atoms with E-state index < -0.39 is 0 Å². The average molecular weight is 401 g/mol. The Morgan fingerprint density at radius 1 is 1.05 bits per heavy atom. The normalized spacial score (nSPS) is 12.5. The van der Waals surface area contributed by atoms with Gasteiger partial charge in [-0.3, -0.25) is 0 Å². The number of hydrogen-bond acceptors (Lipinski definition) is 1. The first-order valence-corrected chi connectivity index (χ1v) is 7.91. The van der Waals surface area contributed by atoms with Gasteiger partial charge in [-0.25, -0.2) is 4.39 Å². The minimum absolute atomic E-state index is 0.0260. The third-order valence-electron chi connectivity index (χ3n) is 3.41. The summed E-state index contributed by atoms with van der Waals surface area (Å²) >= 11 is 7.07. The van der Waals surface area contributed by atoms with Crippen molar-refractivity contribution >= 4 is 31.9 Å². The van der Waals surface area contributed by atoms with Crippen molar-refractivity contribution < 1.29 is 4.39 Å². The zero-order valence-corrected chi connectivity index (χ0v) is 14.8. The Morgan fingerprint density at radius 2 is 1.65 bits per heavy atom. The van der Waals surface area contributed by atoms with Gasteiger partial charge in [0.25, 0.3) is 0 Å². The van der Waals surface area contributed by atoms with E-state index in [1.807, 2.05) is 33.0 Å². The Labute approximate surface area is 135 Å². The van der Waals surface area contributed by atoms with E-state index in [1.165, 1.54) is 0 Å². The third kappa shape index (κ3) is 3.13. The fourth-order valence-corrected chi connectivity index (χ4v) is 3.84. The van der Waals surface area contributed by atoms with Gasteiger partial charge in [-0.15, -0.1) is 0 Å². The highest BCUT2D eigenvalue weighted by Crippen LogP contribution is 2.33. The summed E-state index contributed by atoms with van der Waals surface area (Å²) in [6, 6.07) is 9.29. The first-order valence-electron chi connectivity index (χ1n) is 6.33. The molecule has 0 amide bonds. The Balaban J connectivity index is 2.58. The second-order valence-electron chi connectivity index (χ2n) is 4.84. The van der Waals surface area contributed by atoms with Gasteiger partial charge in [0.1, 0.15) is 5.82 Å². The van der Waals surface area contributed by atoms with Gasteiger partial charge in [-0.2, -0.15) is 0 Å². The van der Waals surface area contributed by atoms with Gasteiger partial charge in [-0.1, -0.05) is 37.9 Å². The molecule has 1 nitrogen and oxygen atoms in total. The molecule has 0 aliphatic carbocycles. The van der Waals surface area contributed by atoms with Crippen molar-refractivity contribution in [2.45, 2.75) is 19.9 Å². The molecule has 0 bridgehead atoms. The van der Waals surface area contributed by atoms with Crippen LogP contribution in [0.15, 0.2) is 39.3 Å². The van der Waals surface area contributed by atoms with E-state index in [4.69, 9.17) is 0 Å². The number of benzene rings is 2. The third-order valence-corrected chi connectivity index (χ3v) is 4.59. The lowest BCUT2D eigenvalue weighted by molar-refractivity contribution is 0.618. The molecule has 4 heteroatoms. The molecule has 1 unspecified atom stereocenters. The molecule has 2 aromatic carbocycles. The number of rotatable bonds is 3. The summed E-state index contributed by atoms with van der Waals surface area (Å²) in [6.45, 7) is 3.89. The summed E-state index contributed by atoms with van der Waals surface area (Å²) in [5, 5.41) is 3.33. The molecule has 0 aromatic heterocycles. The molecule has 0 aliphatic heterocycles. The second kappa shape index (κ2) is 6.37. The molecule has 0 aliphatic rings. The van der Waals surface area contributed by atoms with E-state index in [0.717, 1.165) is 31.2 Å². The van der Waals surface area contributed by atoms with Gasteiger partial charge >= 0.3 is 0 Å². The predicted molar refractivity (Wildman–Crippen MR) is 88.6 cm³/mol. The van der Waals surface area contributed by atoms with Crippen LogP contribution in [0.4, 0.5) is 4.39 Å². The van der Waals surface area contributed by atoms with Crippen molar-refractivity contribution in [3.8, 4) is 0 Å². The van der Waals surface area contributed by atoms with E-state index in [0.29, 0.717) is 0 Å². The highest BCUT2D eigenvalue weighted by atomic mass is 79.9. The van der Waals surface area contributed by atoms with E-state index in [2.05, 4.69) is 43.2 Å². The molecule has 0 saturated heterocycles. The zero-order valence-electron chi connectivity index (χ0n) is 11.6. The van der Waals surface area contributed by atoms with Crippen molar-refractivity contribution in [3.05, 3.63) is 67.3 Å². The molecule has 0 heterocycles. The topological polar surface area (TPSA) is 12.0 Å². The van der Waals surface area contributed by atoms with Crippen molar-refractivity contribution in [2.75, 3.05) is 7.05 Å². The molecule has 1 atom stereocenters. The van der Waals surface area contributed by atoms with Crippen LogP contribution in [-0.2, 0) is 0 Å². The molecule has 0 saturated carbocycles. The molecular formula is C16H16Br2FN. The highest BCUT2D eigenvalue weighted by molar-refractivity contribution is 9.11. The lowest BCUT2D eigenvalue weighted by atomic mass is 9.91. The van der Waals surface area contributed by atoms with E-state index in [-0.39, 0.29) is 11.9 Å². The molecule has 1 N–H and O–H groups in total. The maximum absolute atomic E-state index is 13.5. The smallest absolute Gasteiger partial charge is 0.123 e. The van der Waals surface area contributed by atoms with E-state index >= 15 is 0 Å². The number of aryl methyl sites for hydroxylation is 2. The van der Waals surface area contributed by atoms with Crippen LogP contribution in [0, 0.1) is 19.7 Å². The number of hydrogen-bond donors (Lipinski definition) is 1. The molecule has 0 radical (unpaired) electrons. The van der Waals surface area contributed by atoms with Gasteiger partial charge in [0.2, 0.25) is 0 Å². The minimum atomic E-state index is -0.187. The van der Waals surface area contributed by atoms with Crippen molar-refractivity contribution in [3.63, 3.8) is 0 Å².